The van der Waals surface area contributed by atoms with Crippen molar-refractivity contribution in [3.8, 4) is 0 Å². The van der Waals surface area contributed by atoms with Gasteiger partial charge in [0.2, 0.25) is 0 Å². The third-order valence-electron chi connectivity index (χ3n) is 13.5. The van der Waals surface area contributed by atoms with Crippen molar-refractivity contribution >= 4 is 5.97 Å². The van der Waals surface area contributed by atoms with Crippen molar-refractivity contribution in [1.82, 2.24) is 0 Å². The molecule has 5 rings (SSSR count). The Balaban J connectivity index is 1.55. The van der Waals surface area contributed by atoms with Crippen molar-refractivity contribution in [1.29, 1.82) is 0 Å². The molecule has 0 aromatic heterocycles. The zero-order valence-electron chi connectivity index (χ0n) is 25.1. The van der Waals surface area contributed by atoms with Crippen LogP contribution in [0.5, 0.6) is 0 Å². The predicted molar refractivity (Wildman–Crippen MR) is 149 cm³/mol. The number of carbonyl (C=O) groups is 1. The molecule has 4 saturated carbocycles. The molecule has 0 aromatic rings. The monoisotopic (exact) mass is 530 g/mol. The Morgan fingerprint density at radius 2 is 1.63 bits per heavy atom. The second-order valence-electron chi connectivity index (χ2n) is 16.1. The van der Waals surface area contributed by atoms with Crippen LogP contribution in [0.25, 0.3) is 0 Å². The first-order valence-corrected chi connectivity index (χ1v) is 15.4. The molecule has 5 aliphatic carbocycles. The van der Waals surface area contributed by atoms with Gasteiger partial charge in [-0.3, -0.25) is 4.79 Å². The molecule has 5 nitrogen and oxygen atoms in total. The third kappa shape index (κ3) is 3.76. The second kappa shape index (κ2) is 9.05. The average Bonchev–Trinajstić information content (AvgIpc) is 2.83. The summed E-state index contributed by atoms with van der Waals surface area (Å²) in [6.45, 7) is 16.8. The van der Waals surface area contributed by atoms with Crippen LogP contribution in [0.3, 0.4) is 0 Å². The number of aliphatic hydroxyl groups is 3. The fraction of sp³-hybridized carbons (Fsp3) is 0.909. The van der Waals surface area contributed by atoms with E-state index >= 15 is 0 Å². The minimum absolute atomic E-state index is 0.00200. The lowest BCUT2D eigenvalue weighted by atomic mass is 9.33. The lowest BCUT2D eigenvalue weighted by Crippen LogP contribution is -2.67. The van der Waals surface area contributed by atoms with Crippen LogP contribution in [-0.2, 0) is 9.53 Å². The maximum absolute atomic E-state index is 13.8. The van der Waals surface area contributed by atoms with E-state index in [1.54, 1.807) is 0 Å². The highest BCUT2D eigenvalue weighted by Gasteiger charge is 2.70. The number of aliphatic hydroxyl groups excluding tert-OH is 3. The molecule has 0 aromatic carbocycles. The van der Waals surface area contributed by atoms with Crippen LogP contribution in [0.4, 0.5) is 0 Å². The molecule has 216 valence electrons. The van der Waals surface area contributed by atoms with E-state index in [1.165, 1.54) is 5.57 Å². The van der Waals surface area contributed by atoms with E-state index in [0.717, 1.165) is 51.4 Å². The van der Waals surface area contributed by atoms with Crippen molar-refractivity contribution in [2.24, 2.45) is 50.2 Å². The number of carbonyl (C=O) groups excluding carboxylic acids is 1. The fourth-order valence-corrected chi connectivity index (χ4v) is 11.1. The Labute approximate surface area is 230 Å². The van der Waals surface area contributed by atoms with Crippen LogP contribution in [0.1, 0.15) is 113 Å². The van der Waals surface area contributed by atoms with Crippen LogP contribution in [-0.4, -0.2) is 46.7 Å². The molecular formula is C33H54O5. The van der Waals surface area contributed by atoms with Gasteiger partial charge in [-0.05, 0) is 103 Å². The highest BCUT2D eigenvalue weighted by molar-refractivity contribution is 5.78. The van der Waals surface area contributed by atoms with E-state index in [4.69, 9.17) is 4.74 Å². The van der Waals surface area contributed by atoms with Gasteiger partial charge < -0.3 is 20.1 Å². The highest BCUT2D eigenvalue weighted by Crippen LogP contribution is 2.75. The number of hydrogen-bond donors (Lipinski definition) is 3. The zero-order valence-corrected chi connectivity index (χ0v) is 25.1. The van der Waals surface area contributed by atoms with Crippen molar-refractivity contribution in [2.75, 3.05) is 13.2 Å². The first-order chi connectivity index (χ1) is 17.6. The van der Waals surface area contributed by atoms with Gasteiger partial charge in [-0.15, -0.1) is 0 Å². The molecule has 4 fully saturated rings. The summed E-state index contributed by atoms with van der Waals surface area (Å²) in [5.74, 6) is 0.973. The van der Waals surface area contributed by atoms with Gasteiger partial charge in [0.1, 0.15) is 0 Å². The van der Waals surface area contributed by atoms with Crippen LogP contribution < -0.4 is 0 Å². The Bertz CT molecular complexity index is 984. The van der Waals surface area contributed by atoms with E-state index in [2.05, 4.69) is 54.5 Å². The van der Waals surface area contributed by atoms with Gasteiger partial charge in [0.15, 0.2) is 0 Å². The molecule has 3 N–H and O–H groups in total. The maximum atomic E-state index is 13.8. The standard InChI is InChI=1S/C33H54O5/c1-28(2)13-15-33(27(37)38-18-8-17-34)16-14-31(6)21(22(33)19-28)9-10-25-30(5)20-23(35)26(36)29(3,4)24(30)11-12-32(25,31)7/h9,22-26,34-36H,8,10-20H2,1-7H3/t22-,23+,24-,25+,26-,30-,31+,32+,33-/m0/s1. The summed E-state index contributed by atoms with van der Waals surface area (Å²) in [7, 11) is 0. The van der Waals surface area contributed by atoms with E-state index < -0.39 is 17.6 Å². The van der Waals surface area contributed by atoms with Crippen molar-refractivity contribution < 1.29 is 24.9 Å². The number of allylic oxidation sites excluding steroid dienone is 2. The number of hydrogen-bond acceptors (Lipinski definition) is 5. The molecule has 0 radical (unpaired) electrons. The smallest absolute Gasteiger partial charge is 0.312 e. The molecule has 5 aliphatic rings. The molecule has 0 spiro atoms. The minimum Gasteiger partial charge on any atom is -0.465 e. The quantitative estimate of drug-likeness (QED) is 0.234. The van der Waals surface area contributed by atoms with Gasteiger partial charge in [-0.25, -0.2) is 0 Å². The minimum atomic E-state index is -0.682. The fourth-order valence-electron chi connectivity index (χ4n) is 11.1. The van der Waals surface area contributed by atoms with E-state index in [0.29, 0.717) is 31.3 Å². The summed E-state index contributed by atoms with van der Waals surface area (Å²) < 4.78 is 5.85. The van der Waals surface area contributed by atoms with Crippen LogP contribution in [0.2, 0.25) is 0 Å². The summed E-state index contributed by atoms with van der Waals surface area (Å²) in [5, 5.41) is 31.3. The SMILES string of the molecule is CC1(C)CC[C@]2(C(=O)OCCCO)CC[C@]3(C)C(=CC[C@@H]4[C@@]5(C)C[C@@H](O)[C@H](O)C(C)(C)[C@@H]5CC[C@]43C)[C@@H]2C1. The summed E-state index contributed by atoms with van der Waals surface area (Å²) in [4.78, 5) is 13.8. The lowest BCUT2D eigenvalue weighted by molar-refractivity contribution is -0.232. The summed E-state index contributed by atoms with van der Waals surface area (Å²) in [5.41, 5.74) is 0.973. The number of ether oxygens (including phenoxy) is 1. The van der Waals surface area contributed by atoms with Crippen LogP contribution in [0.15, 0.2) is 11.6 Å². The largest absolute Gasteiger partial charge is 0.465 e. The summed E-state index contributed by atoms with van der Waals surface area (Å²) in [6, 6.07) is 0. The molecular weight excluding hydrogens is 476 g/mol. The predicted octanol–water partition coefficient (Wildman–Crippen LogP) is 6.05. The van der Waals surface area contributed by atoms with Gasteiger partial charge in [0.05, 0.1) is 24.2 Å². The van der Waals surface area contributed by atoms with E-state index in [-0.39, 0.29) is 45.6 Å². The Kier molecular flexibility index (Phi) is 6.81. The zero-order chi connectivity index (χ0) is 27.9. The van der Waals surface area contributed by atoms with E-state index in [9.17, 15) is 20.1 Å². The van der Waals surface area contributed by atoms with E-state index in [1.807, 2.05) is 0 Å². The highest BCUT2D eigenvalue weighted by atomic mass is 16.5. The van der Waals surface area contributed by atoms with Gasteiger partial charge >= 0.3 is 5.97 Å². The Morgan fingerprint density at radius 3 is 2.32 bits per heavy atom. The molecule has 0 bridgehead atoms. The van der Waals surface area contributed by atoms with Crippen molar-refractivity contribution in [3.05, 3.63) is 11.6 Å². The Morgan fingerprint density at radius 1 is 0.947 bits per heavy atom. The Hall–Kier alpha value is -0.910. The normalized spacial score (nSPS) is 49.0. The van der Waals surface area contributed by atoms with Gasteiger partial charge in [0.25, 0.3) is 0 Å². The number of esters is 1. The molecule has 0 heterocycles. The number of rotatable bonds is 4. The summed E-state index contributed by atoms with van der Waals surface area (Å²) in [6.07, 6.45) is 10.3. The summed E-state index contributed by atoms with van der Waals surface area (Å²) >= 11 is 0. The van der Waals surface area contributed by atoms with Crippen LogP contribution >= 0.6 is 0 Å². The maximum Gasteiger partial charge on any atom is 0.312 e. The molecule has 9 atom stereocenters. The molecule has 0 amide bonds. The van der Waals surface area contributed by atoms with Crippen molar-refractivity contribution in [2.45, 2.75) is 125 Å². The van der Waals surface area contributed by atoms with Crippen molar-refractivity contribution in [3.63, 3.8) is 0 Å². The molecule has 0 aliphatic heterocycles. The second-order valence-corrected chi connectivity index (χ2v) is 16.1. The number of fused-ring (bicyclic) bond motifs is 7. The molecule has 0 unspecified atom stereocenters. The topological polar surface area (TPSA) is 87.0 Å². The lowest BCUT2D eigenvalue weighted by Gasteiger charge is -2.71. The average molecular weight is 531 g/mol. The van der Waals surface area contributed by atoms with Gasteiger partial charge in [-0.1, -0.05) is 60.1 Å². The first-order valence-electron chi connectivity index (χ1n) is 15.4. The van der Waals surface area contributed by atoms with Gasteiger partial charge in [-0.2, -0.15) is 0 Å². The first kappa shape index (κ1) is 28.6. The molecule has 0 saturated heterocycles. The molecule has 38 heavy (non-hydrogen) atoms. The molecule has 5 heteroatoms. The van der Waals surface area contributed by atoms with Crippen LogP contribution in [0, 0.1) is 50.2 Å². The van der Waals surface area contributed by atoms with Gasteiger partial charge in [0, 0.05) is 13.0 Å². The third-order valence-corrected chi connectivity index (χ3v) is 13.5.